The number of ether oxygens (including phenoxy) is 1. The molecule has 2 aromatic carbocycles. The molecule has 0 atom stereocenters. The van der Waals surface area contributed by atoms with E-state index in [2.05, 4.69) is 21.2 Å². The van der Waals surface area contributed by atoms with E-state index in [0.29, 0.717) is 22.6 Å². The van der Waals surface area contributed by atoms with Crippen LogP contribution in [-0.4, -0.2) is 17.9 Å². The van der Waals surface area contributed by atoms with E-state index in [9.17, 15) is 9.59 Å². The molecule has 6 heteroatoms. The van der Waals surface area contributed by atoms with Crippen LogP contribution in [0.25, 0.3) is 0 Å². The molecule has 0 aromatic heterocycles. The van der Waals surface area contributed by atoms with Gasteiger partial charge in [0.05, 0.1) is 11.7 Å². The zero-order chi connectivity index (χ0) is 17.0. The molecule has 2 aromatic rings. The maximum absolute atomic E-state index is 12.5. The van der Waals surface area contributed by atoms with Crippen molar-refractivity contribution in [3.05, 3.63) is 58.1 Å². The molecule has 0 aliphatic carbocycles. The third-order valence-electron chi connectivity index (χ3n) is 2.98. The van der Waals surface area contributed by atoms with Gasteiger partial charge in [-0.1, -0.05) is 15.9 Å². The van der Waals surface area contributed by atoms with Crippen molar-refractivity contribution in [1.29, 1.82) is 0 Å². The number of benzene rings is 2. The number of hydrogen-bond acceptors (Lipinski definition) is 3. The Kier molecular flexibility index (Phi) is 5.39. The average molecular weight is 377 g/mol. The Morgan fingerprint density at radius 2 is 1.78 bits per heavy atom. The Balaban J connectivity index is 2.23. The fourth-order valence-electron chi connectivity index (χ4n) is 1.95. The standard InChI is InChI=1S/C17H17BrN2O3/c1-10(2)23-15-8-5-12(18)9-14(15)17(22)20-13-6-3-11(4-7-13)16(19)21/h3-10H,1-2H3,(H2,19,21)(H,20,22). The Labute approximate surface area is 143 Å². The molecular formula is C17H17BrN2O3. The maximum atomic E-state index is 12.5. The fraction of sp³-hybridized carbons (Fsp3) is 0.176. The van der Waals surface area contributed by atoms with Gasteiger partial charge in [-0.3, -0.25) is 9.59 Å². The van der Waals surface area contributed by atoms with Crippen LogP contribution in [0, 0.1) is 0 Å². The van der Waals surface area contributed by atoms with Gasteiger partial charge in [0.15, 0.2) is 0 Å². The first-order valence-electron chi connectivity index (χ1n) is 7.04. The molecule has 0 spiro atoms. The zero-order valence-electron chi connectivity index (χ0n) is 12.8. The average Bonchev–Trinajstić information content (AvgIpc) is 2.49. The molecule has 2 rings (SSSR count). The van der Waals surface area contributed by atoms with Crippen LogP contribution in [0.1, 0.15) is 34.6 Å². The van der Waals surface area contributed by atoms with Gasteiger partial charge in [0.25, 0.3) is 5.91 Å². The summed E-state index contributed by atoms with van der Waals surface area (Å²) in [4.78, 5) is 23.5. The fourth-order valence-corrected chi connectivity index (χ4v) is 2.31. The minimum Gasteiger partial charge on any atom is -0.490 e. The summed E-state index contributed by atoms with van der Waals surface area (Å²) < 4.78 is 6.45. The summed E-state index contributed by atoms with van der Waals surface area (Å²) in [6.45, 7) is 3.79. The number of carbonyl (C=O) groups is 2. The van der Waals surface area contributed by atoms with Crippen molar-refractivity contribution in [2.24, 2.45) is 5.73 Å². The summed E-state index contributed by atoms with van der Waals surface area (Å²) in [5.41, 5.74) is 6.56. The number of rotatable bonds is 5. The van der Waals surface area contributed by atoms with Crippen LogP contribution in [0.2, 0.25) is 0 Å². The van der Waals surface area contributed by atoms with Crippen LogP contribution in [-0.2, 0) is 0 Å². The Morgan fingerprint density at radius 3 is 2.35 bits per heavy atom. The van der Waals surface area contributed by atoms with Crippen molar-refractivity contribution in [1.82, 2.24) is 0 Å². The highest BCUT2D eigenvalue weighted by atomic mass is 79.9. The van der Waals surface area contributed by atoms with Crippen molar-refractivity contribution in [3.63, 3.8) is 0 Å². The van der Waals surface area contributed by atoms with Gasteiger partial charge in [-0.25, -0.2) is 0 Å². The first-order valence-corrected chi connectivity index (χ1v) is 7.83. The number of nitrogens with two attached hydrogens (primary N) is 1. The number of halogens is 1. The van der Waals surface area contributed by atoms with E-state index < -0.39 is 5.91 Å². The van der Waals surface area contributed by atoms with Crippen molar-refractivity contribution in [2.45, 2.75) is 20.0 Å². The quantitative estimate of drug-likeness (QED) is 0.836. The molecule has 5 nitrogen and oxygen atoms in total. The largest absolute Gasteiger partial charge is 0.490 e. The maximum Gasteiger partial charge on any atom is 0.259 e. The molecule has 0 saturated heterocycles. The van der Waals surface area contributed by atoms with Gasteiger partial charge in [-0.2, -0.15) is 0 Å². The summed E-state index contributed by atoms with van der Waals surface area (Å²) in [7, 11) is 0. The molecular weight excluding hydrogens is 360 g/mol. The van der Waals surface area contributed by atoms with E-state index in [0.717, 1.165) is 4.47 Å². The van der Waals surface area contributed by atoms with Crippen LogP contribution in [0.5, 0.6) is 5.75 Å². The first kappa shape index (κ1) is 17.0. The topological polar surface area (TPSA) is 81.4 Å². The zero-order valence-corrected chi connectivity index (χ0v) is 14.4. The lowest BCUT2D eigenvalue weighted by Crippen LogP contribution is -2.16. The molecule has 0 unspecified atom stereocenters. The summed E-state index contributed by atoms with van der Waals surface area (Å²) in [5, 5.41) is 2.77. The monoisotopic (exact) mass is 376 g/mol. The van der Waals surface area contributed by atoms with Crippen molar-refractivity contribution < 1.29 is 14.3 Å². The number of anilines is 1. The predicted molar refractivity (Wildman–Crippen MR) is 92.8 cm³/mol. The van der Waals surface area contributed by atoms with E-state index >= 15 is 0 Å². The molecule has 120 valence electrons. The van der Waals surface area contributed by atoms with E-state index in [1.165, 1.54) is 0 Å². The first-order chi connectivity index (χ1) is 10.9. The molecule has 0 aliphatic rings. The second-order valence-electron chi connectivity index (χ2n) is 5.20. The predicted octanol–water partition coefficient (Wildman–Crippen LogP) is 3.59. The smallest absolute Gasteiger partial charge is 0.259 e. The second-order valence-corrected chi connectivity index (χ2v) is 6.12. The summed E-state index contributed by atoms with van der Waals surface area (Å²) in [6.07, 6.45) is -0.0439. The lowest BCUT2D eigenvalue weighted by molar-refractivity contribution is 0.0997. The van der Waals surface area contributed by atoms with Crippen LogP contribution >= 0.6 is 15.9 Å². The van der Waals surface area contributed by atoms with Crippen molar-refractivity contribution in [3.8, 4) is 5.75 Å². The molecule has 0 aliphatic heterocycles. The highest BCUT2D eigenvalue weighted by molar-refractivity contribution is 9.10. The molecule has 2 amide bonds. The van der Waals surface area contributed by atoms with Gasteiger partial charge in [-0.15, -0.1) is 0 Å². The number of primary amides is 1. The number of carbonyl (C=O) groups excluding carboxylic acids is 2. The summed E-state index contributed by atoms with van der Waals surface area (Å²) in [6, 6.07) is 11.6. The molecule has 0 saturated carbocycles. The normalized spacial score (nSPS) is 10.4. The van der Waals surface area contributed by atoms with Crippen LogP contribution in [0.15, 0.2) is 46.9 Å². The minimum absolute atomic E-state index is 0.0439. The second kappa shape index (κ2) is 7.28. The molecule has 23 heavy (non-hydrogen) atoms. The van der Waals surface area contributed by atoms with Crippen molar-refractivity contribution >= 4 is 33.4 Å². The Hall–Kier alpha value is -2.34. The van der Waals surface area contributed by atoms with E-state index in [-0.39, 0.29) is 12.0 Å². The van der Waals surface area contributed by atoms with E-state index in [1.807, 2.05) is 19.9 Å². The van der Waals surface area contributed by atoms with Gasteiger partial charge in [0.2, 0.25) is 5.91 Å². The lowest BCUT2D eigenvalue weighted by atomic mass is 10.1. The third kappa shape index (κ3) is 4.56. The van der Waals surface area contributed by atoms with Gasteiger partial charge >= 0.3 is 0 Å². The van der Waals surface area contributed by atoms with E-state index in [4.69, 9.17) is 10.5 Å². The SMILES string of the molecule is CC(C)Oc1ccc(Br)cc1C(=O)Nc1ccc(C(N)=O)cc1. The van der Waals surface area contributed by atoms with Crippen molar-refractivity contribution in [2.75, 3.05) is 5.32 Å². The van der Waals surface area contributed by atoms with Gasteiger partial charge in [0.1, 0.15) is 5.75 Å². The molecule has 0 radical (unpaired) electrons. The van der Waals surface area contributed by atoms with Gasteiger partial charge in [0, 0.05) is 15.7 Å². The number of hydrogen-bond donors (Lipinski definition) is 2. The van der Waals surface area contributed by atoms with E-state index in [1.54, 1.807) is 36.4 Å². The number of nitrogens with one attached hydrogen (secondary N) is 1. The summed E-state index contributed by atoms with van der Waals surface area (Å²) >= 11 is 3.35. The molecule has 0 heterocycles. The molecule has 0 bridgehead atoms. The van der Waals surface area contributed by atoms with Crippen LogP contribution < -0.4 is 15.8 Å². The third-order valence-corrected chi connectivity index (χ3v) is 3.47. The number of amides is 2. The van der Waals surface area contributed by atoms with Crippen LogP contribution in [0.4, 0.5) is 5.69 Å². The van der Waals surface area contributed by atoms with Crippen LogP contribution in [0.3, 0.4) is 0 Å². The Morgan fingerprint density at radius 1 is 1.13 bits per heavy atom. The highest BCUT2D eigenvalue weighted by Crippen LogP contribution is 2.25. The molecule has 3 N–H and O–H groups in total. The molecule has 0 fully saturated rings. The highest BCUT2D eigenvalue weighted by Gasteiger charge is 2.15. The van der Waals surface area contributed by atoms with Gasteiger partial charge in [-0.05, 0) is 56.3 Å². The Bertz CT molecular complexity index is 727. The van der Waals surface area contributed by atoms with Gasteiger partial charge < -0.3 is 15.8 Å². The minimum atomic E-state index is -0.512. The lowest BCUT2D eigenvalue weighted by Gasteiger charge is -2.14. The summed E-state index contributed by atoms with van der Waals surface area (Å²) in [5.74, 6) is -0.300.